The van der Waals surface area contributed by atoms with Crippen molar-refractivity contribution in [1.29, 1.82) is 0 Å². The van der Waals surface area contributed by atoms with Crippen LogP contribution in [0.1, 0.15) is 21.5 Å². The number of nitrogens with zero attached hydrogens (tertiary/aromatic N) is 3. The molecule has 0 unspecified atom stereocenters. The summed E-state index contributed by atoms with van der Waals surface area (Å²) < 4.78 is 6.20. The summed E-state index contributed by atoms with van der Waals surface area (Å²) in [6.07, 6.45) is 1.50. The molecule has 0 aliphatic carbocycles. The molecule has 1 amide bonds. The number of esters is 1. The second kappa shape index (κ2) is 11.8. The number of thioether (sulfide) groups is 2. The summed E-state index contributed by atoms with van der Waals surface area (Å²) in [7, 11) is 1.33. The van der Waals surface area contributed by atoms with Crippen LogP contribution < -0.4 is 5.43 Å². The fraction of sp³-hybridized carbons (Fsp3) is 0.150. The molecular formula is C20H17ClN4O3S3. The van der Waals surface area contributed by atoms with E-state index in [0.29, 0.717) is 10.6 Å². The lowest BCUT2D eigenvalue weighted by Crippen LogP contribution is -2.19. The van der Waals surface area contributed by atoms with E-state index < -0.39 is 5.97 Å². The normalized spacial score (nSPS) is 10.9. The molecule has 0 saturated carbocycles. The van der Waals surface area contributed by atoms with Gasteiger partial charge in [-0.3, -0.25) is 4.79 Å². The van der Waals surface area contributed by atoms with Gasteiger partial charge in [-0.05, 0) is 35.4 Å². The van der Waals surface area contributed by atoms with Gasteiger partial charge in [0, 0.05) is 10.8 Å². The molecule has 1 aromatic heterocycles. The van der Waals surface area contributed by atoms with Gasteiger partial charge in [0.05, 0.1) is 24.6 Å². The number of carbonyl (C=O) groups is 2. The molecule has 31 heavy (non-hydrogen) atoms. The van der Waals surface area contributed by atoms with Gasteiger partial charge in [0.25, 0.3) is 5.91 Å². The van der Waals surface area contributed by atoms with Gasteiger partial charge in [-0.2, -0.15) is 5.10 Å². The summed E-state index contributed by atoms with van der Waals surface area (Å²) in [6, 6.07) is 14.3. The van der Waals surface area contributed by atoms with Crippen molar-refractivity contribution in [2.45, 2.75) is 14.4 Å². The number of carbonyl (C=O) groups excluding carboxylic acids is 2. The lowest BCUT2D eigenvalue weighted by molar-refractivity contribution is -0.118. The molecule has 0 aliphatic rings. The molecule has 7 nitrogen and oxygen atoms in total. The molecule has 2 aromatic carbocycles. The number of aromatic nitrogens is 2. The predicted octanol–water partition coefficient (Wildman–Crippen LogP) is 4.51. The number of methoxy groups -OCH3 is 1. The zero-order valence-corrected chi connectivity index (χ0v) is 19.5. The van der Waals surface area contributed by atoms with Crippen molar-refractivity contribution in [3.8, 4) is 0 Å². The first-order valence-corrected chi connectivity index (χ1v) is 12.0. The van der Waals surface area contributed by atoms with Gasteiger partial charge in [-0.15, -0.1) is 10.2 Å². The van der Waals surface area contributed by atoms with Gasteiger partial charge in [0.15, 0.2) is 8.68 Å². The van der Waals surface area contributed by atoms with Crippen LogP contribution in [0.4, 0.5) is 0 Å². The average molecular weight is 493 g/mol. The van der Waals surface area contributed by atoms with E-state index in [2.05, 4.69) is 25.5 Å². The van der Waals surface area contributed by atoms with Gasteiger partial charge in [-0.25, -0.2) is 10.2 Å². The Morgan fingerprint density at radius 1 is 1.10 bits per heavy atom. The predicted molar refractivity (Wildman–Crippen MR) is 125 cm³/mol. The molecule has 1 heterocycles. The van der Waals surface area contributed by atoms with Crippen LogP contribution in [-0.4, -0.2) is 41.2 Å². The SMILES string of the molecule is COC(=O)c1ccc(C=NNC(=O)CSc2nnc(SCc3ccc(Cl)cc3)s2)cc1. The van der Waals surface area contributed by atoms with Gasteiger partial charge in [0.1, 0.15) is 0 Å². The Kier molecular flexibility index (Phi) is 8.89. The van der Waals surface area contributed by atoms with E-state index in [4.69, 9.17) is 11.6 Å². The molecular weight excluding hydrogens is 476 g/mol. The van der Waals surface area contributed by atoms with Crippen LogP contribution in [-0.2, 0) is 15.3 Å². The zero-order valence-electron chi connectivity index (χ0n) is 16.3. The maximum atomic E-state index is 12.0. The highest BCUT2D eigenvalue weighted by atomic mass is 35.5. The third-order valence-electron chi connectivity index (χ3n) is 3.72. The highest BCUT2D eigenvalue weighted by molar-refractivity contribution is 8.03. The number of hydrazone groups is 1. The first-order valence-electron chi connectivity index (χ1n) is 8.87. The Hall–Kier alpha value is -2.40. The van der Waals surface area contributed by atoms with E-state index in [-0.39, 0.29) is 11.7 Å². The Morgan fingerprint density at radius 3 is 2.45 bits per heavy atom. The first-order chi connectivity index (χ1) is 15.0. The summed E-state index contributed by atoms with van der Waals surface area (Å²) >= 11 is 10.2. The summed E-state index contributed by atoms with van der Waals surface area (Å²) in [6.45, 7) is 0. The van der Waals surface area contributed by atoms with Gasteiger partial charge < -0.3 is 4.74 Å². The van der Waals surface area contributed by atoms with Gasteiger partial charge in [0.2, 0.25) is 0 Å². The van der Waals surface area contributed by atoms with Crippen molar-refractivity contribution in [3.63, 3.8) is 0 Å². The van der Waals surface area contributed by atoms with Crippen molar-refractivity contribution in [3.05, 3.63) is 70.2 Å². The van der Waals surface area contributed by atoms with E-state index in [1.807, 2.05) is 24.3 Å². The number of amides is 1. The first kappa shape index (κ1) is 23.3. The Bertz CT molecular complexity index is 1060. The van der Waals surface area contributed by atoms with Crippen LogP contribution in [0.25, 0.3) is 0 Å². The third-order valence-corrected chi connectivity index (χ3v) is 7.24. The molecule has 1 N–H and O–H groups in total. The second-order valence-electron chi connectivity index (χ2n) is 5.94. The molecule has 0 bridgehead atoms. The minimum Gasteiger partial charge on any atom is -0.465 e. The summed E-state index contributed by atoms with van der Waals surface area (Å²) in [4.78, 5) is 23.4. The molecule has 0 atom stereocenters. The number of rotatable bonds is 9. The topological polar surface area (TPSA) is 93.5 Å². The number of ether oxygens (including phenoxy) is 1. The Morgan fingerprint density at radius 2 is 1.77 bits per heavy atom. The summed E-state index contributed by atoms with van der Waals surface area (Å²) in [5.41, 5.74) is 4.81. The molecule has 3 aromatic rings. The number of halogens is 1. The molecule has 3 rings (SSSR count). The van der Waals surface area contributed by atoms with Crippen LogP contribution in [0.3, 0.4) is 0 Å². The van der Waals surface area contributed by atoms with E-state index in [9.17, 15) is 9.59 Å². The van der Waals surface area contributed by atoms with E-state index in [0.717, 1.165) is 25.6 Å². The van der Waals surface area contributed by atoms with E-state index in [1.165, 1.54) is 36.4 Å². The van der Waals surface area contributed by atoms with Gasteiger partial charge in [-0.1, -0.05) is 70.7 Å². The zero-order chi connectivity index (χ0) is 22.1. The van der Waals surface area contributed by atoms with Crippen LogP contribution in [0.15, 0.2) is 62.3 Å². The van der Waals surface area contributed by atoms with E-state index in [1.54, 1.807) is 36.0 Å². The van der Waals surface area contributed by atoms with Crippen molar-refractivity contribution in [1.82, 2.24) is 15.6 Å². The summed E-state index contributed by atoms with van der Waals surface area (Å²) in [5, 5.41) is 12.9. The van der Waals surface area contributed by atoms with Crippen LogP contribution in [0.2, 0.25) is 5.02 Å². The fourth-order valence-corrected chi connectivity index (χ4v) is 5.10. The molecule has 0 aliphatic heterocycles. The number of benzene rings is 2. The minimum absolute atomic E-state index is 0.176. The van der Waals surface area contributed by atoms with Crippen molar-refractivity contribution in [2.75, 3.05) is 12.9 Å². The van der Waals surface area contributed by atoms with Crippen LogP contribution in [0, 0.1) is 0 Å². The molecule has 0 spiro atoms. The molecule has 0 saturated heterocycles. The molecule has 0 radical (unpaired) electrons. The minimum atomic E-state index is -0.406. The van der Waals surface area contributed by atoms with Crippen molar-refractivity contribution < 1.29 is 14.3 Å². The summed E-state index contributed by atoms with van der Waals surface area (Å²) in [5.74, 6) is 0.288. The molecule has 0 fully saturated rings. The third kappa shape index (κ3) is 7.66. The lowest BCUT2D eigenvalue weighted by atomic mass is 10.1. The Labute approximate surface area is 196 Å². The number of nitrogens with one attached hydrogen (secondary N) is 1. The highest BCUT2D eigenvalue weighted by Gasteiger charge is 2.09. The van der Waals surface area contributed by atoms with Crippen molar-refractivity contribution >= 4 is 64.6 Å². The Balaban J connectivity index is 1.40. The smallest absolute Gasteiger partial charge is 0.337 e. The standard InChI is InChI=1S/C20H17ClN4O3S3/c1-28-18(27)15-6-2-13(3-7-15)10-22-23-17(26)12-30-20-25-24-19(31-20)29-11-14-4-8-16(21)9-5-14/h2-10H,11-12H2,1H3,(H,23,26). The highest BCUT2D eigenvalue weighted by Crippen LogP contribution is 2.30. The maximum absolute atomic E-state index is 12.0. The van der Waals surface area contributed by atoms with E-state index >= 15 is 0 Å². The molecule has 11 heteroatoms. The van der Waals surface area contributed by atoms with Crippen molar-refractivity contribution in [2.24, 2.45) is 5.10 Å². The largest absolute Gasteiger partial charge is 0.465 e. The van der Waals surface area contributed by atoms with Crippen LogP contribution in [0.5, 0.6) is 0 Å². The quantitative estimate of drug-likeness (QED) is 0.203. The average Bonchev–Trinajstić information content (AvgIpc) is 3.25. The molecule has 160 valence electrons. The number of hydrogen-bond acceptors (Lipinski definition) is 9. The van der Waals surface area contributed by atoms with Gasteiger partial charge >= 0.3 is 5.97 Å². The fourth-order valence-electron chi connectivity index (χ4n) is 2.20. The second-order valence-corrected chi connectivity index (χ2v) is 9.80. The lowest BCUT2D eigenvalue weighted by Gasteiger charge is -2.00. The van der Waals surface area contributed by atoms with Crippen LogP contribution >= 0.6 is 46.5 Å². The number of hydrogen-bond donors (Lipinski definition) is 1. The monoisotopic (exact) mass is 492 g/mol. The maximum Gasteiger partial charge on any atom is 0.337 e.